The molecule has 0 amide bonds. The molecule has 0 aliphatic rings. The van der Waals surface area contributed by atoms with Crippen LogP contribution in [-0.2, 0) is 4.79 Å². The first-order chi connectivity index (χ1) is 6.33. The molecule has 0 saturated heterocycles. The molecule has 2 nitrogen and oxygen atoms in total. The SMILES string of the molecule is C=O.CCC(C)Oc1ccccc1. The van der Waals surface area contributed by atoms with Crippen LogP contribution in [0.2, 0.25) is 0 Å². The van der Waals surface area contributed by atoms with E-state index in [1.165, 1.54) is 0 Å². The molecule has 13 heavy (non-hydrogen) atoms. The molecule has 1 aromatic carbocycles. The topological polar surface area (TPSA) is 26.3 Å². The third-order valence-corrected chi connectivity index (χ3v) is 1.66. The Labute approximate surface area is 79.5 Å². The molecule has 1 rings (SSSR count). The average molecular weight is 180 g/mol. The molecular weight excluding hydrogens is 164 g/mol. The van der Waals surface area contributed by atoms with Crippen molar-refractivity contribution in [2.45, 2.75) is 26.4 Å². The minimum Gasteiger partial charge on any atom is -0.491 e. The van der Waals surface area contributed by atoms with E-state index >= 15 is 0 Å². The Balaban J connectivity index is 0.000000671. The monoisotopic (exact) mass is 180 g/mol. The number of hydrogen-bond donors (Lipinski definition) is 0. The highest BCUT2D eigenvalue weighted by Crippen LogP contribution is 2.11. The van der Waals surface area contributed by atoms with Crippen molar-refractivity contribution in [1.82, 2.24) is 0 Å². The van der Waals surface area contributed by atoms with E-state index in [1.54, 1.807) is 0 Å². The smallest absolute Gasteiger partial charge is 0.119 e. The van der Waals surface area contributed by atoms with Gasteiger partial charge in [-0.3, -0.25) is 0 Å². The van der Waals surface area contributed by atoms with Crippen LogP contribution in [0.4, 0.5) is 0 Å². The van der Waals surface area contributed by atoms with Crippen molar-refractivity contribution >= 4 is 6.79 Å². The summed E-state index contributed by atoms with van der Waals surface area (Å²) >= 11 is 0. The molecule has 1 unspecified atom stereocenters. The second kappa shape index (κ2) is 7.35. The van der Waals surface area contributed by atoms with Crippen molar-refractivity contribution in [3.63, 3.8) is 0 Å². The van der Waals surface area contributed by atoms with Crippen LogP contribution in [0.25, 0.3) is 0 Å². The Morgan fingerprint density at radius 3 is 2.31 bits per heavy atom. The first-order valence-electron chi connectivity index (χ1n) is 4.33. The Bertz CT molecular complexity index is 209. The minimum atomic E-state index is 0.317. The summed E-state index contributed by atoms with van der Waals surface area (Å²) in [7, 11) is 0. The van der Waals surface area contributed by atoms with Crippen molar-refractivity contribution < 1.29 is 9.53 Å². The summed E-state index contributed by atoms with van der Waals surface area (Å²) < 4.78 is 5.56. The molecule has 0 aliphatic heterocycles. The number of benzene rings is 1. The number of para-hydroxylation sites is 1. The van der Waals surface area contributed by atoms with E-state index in [0.29, 0.717) is 6.10 Å². The molecular formula is C11H16O2. The largest absolute Gasteiger partial charge is 0.491 e. The fourth-order valence-corrected chi connectivity index (χ4v) is 0.815. The van der Waals surface area contributed by atoms with Gasteiger partial charge in [0.15, 0.2) is 0 Å². The van der Waals surface area contributed by atoms with E-state index < -0.39 is 0 Å². The van der Waals surface area contributed by atoms with E-state index in [1.807, 2.05) is 37.1 Å². The summed E-state index contributed by atoms with van der Waals surface area (Å²) in [6.45, 7) is 6.20. The second-order valence-electron chi connectivity index (χ2n) is 2.65. The van der Waals surface area contributed by atoms with Gasteiger partial charge in [0.2, 0.25) is 0 Å². The normalized spacial score (nSPS) is 10.9. The van der Waals surface area contributed by atoms with Crippen LogP contribution >= 0.6 is 0 Å². The Morgan fingerprint density at radius 2 is 1.85 bits per heavy atom. The lowest BCUT2D eigenvalue weighted by Crippen LogP contribution is -2.09. The fourth-order valence-electron chi connectivity index (χ4n) is 0.815. The van der Waals surface area contributed by atoms with Gasteiger partial charge in [0, 0.05) is 0 Å². The standard InChI is InChI=1S/C10H14O.CH2O/c1-3-9(2)11-10-7-5-4-6-8-10;1-2/h4-9H,3H2,1-2H3;1H2. The average Bonchev–Trinajstić information content (AvgIpc) is 2.22. The number of ether oxygens (including phenoxy) is 1. The van der Waals surface area contributed by atoms with Gasteiger partial charge in [-0.05, 0) is 25.5 Å². The molecule has 0 bridgehead atoms. The van der Waals surface area contributed by atoms with Crippen molar-refractivity contribution in [1.29, 1.82) is 0 Å². The molecule has 1 atom stereocenters. The van der Waals surface area contributed by atoms with Crippen LogP contribution in [0.3, 0.4) is 0 Å². The molecule has 1 aromatic rings. The van der Waals surface area contributed by atoms with Crippen LogP contribution < -0.4 is 4.74 Å². The molecule has 0 aliphatic carbocycles. The molecule has 2 heteroatoms. The van der Waals surface area contributed by atoms with E-state index in [-0.39, 0.29) is 0 Å². The molecule has 72 valence electrons. The molecule has 0 heterocycles. The summed E-state index contributed by atoms with van der Waals surface area (Å²) in [5.74, 6) is 0.960. The molecule has 0 saturated carbocycles. The lowest BCUT2D eigenvalue weighted by Gasteiger charge is -2.11. The van der Waals surface area contributed by atoms with Gasteiger partial charge < -0.3 is 9.53 Å². The molecule has 0 radical (unpaired) electrons. The highest BCUT2D eigenvalue weighted by Gasteiger charge is 1.97. The Hall–Kier alpha value is -1.31. The van der Waals surface area contributed by atoms with Crippen LogP contribution in [0.5, 0.6) is 5.75 Å². The quantitative estimate of drug-likeness (QED) is 0.714. The van der Waals surface area contributed by atoms with Crippen LogP contribution in [0, 0.1) is 0 Å². The third-order valence-electron chi connectivity index (χ3n) is 1.66. The highest BCUT2D eigenvalue weighted by atomic mass is 16.5. The van der Waals surface area contributed by atoms with Crippen LogP contribution in [0.15, 0.2) is 30.3 Å². The van der Waals surface area contributed by atoms with Gasteiger partial charge in [-0.15, -0.1) is 0 Å². The maximum absolute atomic E-state index is 8.00. The first kappa shape index (κ1) is 11.7. The van der Waals surface area contributed by atoms with Gasteiger partial charge in [-0.2, -0.15) is 0 Å². The predicted molar refractivity (Wildman–Crippen MR) is 53.9 cm³/mol. The summed E-state index contributed by atoms with van der Waals surface area (Å²) in [5, 5.41) is 0. The third kappa shape index (κ3) is 5.01. The predicted octanol–water partition coefficient (Wildman–Crippen LogP) is 2.68. The van der Waals surface area contributed by atoms with Crippen molar-refractivity contribution in [3.05, 3.63) is 30.3 Å². The van der Waals surface area contributed by atoms with Crippen molar-refractivity contribution in [2.24, 2.45) is 0 Å². The zero-order valence-electron chi connectivity index (χ0n) is 8.19. The molecule has 0 spiro atoms. The molecule has 0 aromatic heterocycles. The first-order valence-corrected chi connectivity index (χ1v) is 4.33. The fraction of sp³-hybridized carbons (Fsp3) is 0.364. The van der Waals surface area contributed by atoms with Gasteiger partial charge in [-0.1, -0.05) is 25.1 Å². The lowest BCUT2D eigenvalue weighted by molar-refractivity contribution is -0.0979. The van der Waals surface area contributed by atoms with Gasteiger partial charge >= 0.3 is 0 Å². The molecule has 0 fully saturated rings. The second-order valence-corrected chi connectivity index (χ2v) is 2.65. The highest BCUT2D eigenvalue weighted by molar-refractivity contribution is 5.21. The lowest BCUT2D eigenvalue weighted by atomic mass is 10.3. The van der Waals surface area contributed by atoms with Crippen molar-refractivity contribution in [3.8, 4) is 5.75 Å². The van der Waals surface area contributed by atoms with Crippen molar-refractivity contribution in [2.75, 3.05) is 0 Å². The summed E-state index contributed by atoms with van der Waals surface area (Å²) in [5.41, 5.74) is 0. The van der Waals surface area contributed by atoms with E-state index in [9.17, 15) is 0 Å². The zero-order valence-corrected chi connectivity index (χ0v) is 8.19. The van der Waals surface area contributed by atoms with Crippen LogP contribution in [0.1, 0.15) is 20.3 Å². The summed E-state index contributed by atoms with van der Waals surface area (Å²) in [6, 6.07) is 9.91. The van der Waals surface area contributed by atoms with E-state index in [2.05, 4.69) is 13.8 Å². The maximum Gasteiger partial charge on any atom is 0.119 e. The zero-order chi connectivity index (χ0) is 10.1. The molecule has 0 N–H and O–H groups in total. The minimum absolute atomic E-state index is 0.317. The number of carbonyl (C=O) groups excluding carboxylic acids is 1. The summed E-state index contributed by atoms with van der Waals surface area (Å²) in [4.78, 5) is 8.00. The van der Waals surface area contributed by atoms with E-state index in [0.717, 1.165) is 12.2 Å². The Morgan fingerprint density at radius 1 is 1.31 bits per heavy atom. The number of hydrogen-bond acceptors (Lipinski definition) is 2. The van der Waals surface area contributed by atoms with Crippen LogP contribution in [-0.4, -0.2) is 12.9 Å². The Kier molecular flexibility index (Phi) is 6.60. The van der Waals surface area contributed by atoms with Gasteiger partial charge in [0.25, 0.3) is 0 Å². The van der Waals surface area contributed by atoms with Gasteiger partial charge in [0.1, 0.15) is 12.5 Å². The van der Waals surface area contributed by atoms with Gasteiger partial charge in [0.05, 0.1) is 6.10 Å². The van der Waals surface area contributed by atoms with E-state index in [4.69, 9.17) is 9.53 Å². The van der Waals surface area contributed by atoms with Gasteiger partial charge in [-0.25, -0.2) is 0 Å². The number of carbonyl (C=O) groups is 1. The maximum atomic E-state index is 8.00. The summed E-state index contributed by atoms with van der Waals surface area (Å²) in [6.07, 6.45) is 1.37. The number of rotatable bonds is 3.